The van der Waals surface area contributed by atoms with E-state index in [1.54, 1.807) is 42.5 Å². The summed E-state index contributed by atoms with van der Waals surface area (Å²) in [6.45, 7) is 4.00. The number of aromatic nitrogens is 6. The Morgan fingerprint density at radius 1 is 0.946 bits per heavy atom. The number of esters is 2. The summed E-state index contributed by atoms with van der Waals surface area (Å²) in [5, 5.41) is 25.6. The molecular formula is C22H24Br2N6O7. The smallest absolute Gasteiger partial charge is 0.360 e. The zero-order chi connectivity index (χ0) is 27.1. The number of carbonyl (C=O) groups is 2. The Morgan fingerprint density at radius 3 is 2.05 bits per heavy atom. The average Bonchev–Trinajstić information content (AvgIpc) is 3.63. The minimum atomic E-state index is -1.06. The Morgan fingerprint density at radius 2 is 1.51 bits per heavy atom. The summed E-state index contributed by atoms with van der Waals surface area (Å²) in [6.07, 6.45) is 2.97. The van der Waals surface area contributed by atoms with Crippen LogP contribution in [0.4, 0.5) is 0 Å². The molecule has 37 heavy (non-hydrogen) atoms. The first kappa shape index (κ1) is 28.3. The van der Waals surface area contributed by atoms with Crippen molar-refractivity contribution in [2.75, 3.05) is 13.2 Å². The predicted molar refractivity (Wildman–Crippen MR) is 134 cm³/mol. The Bertz CT molecular complexity index is 1360. The normalized spacial score (nSPS) is 11.5. The zero-order valence-corrected chi connectivity index (χ0v) is 23.5. The van der Waals surface area contributed by atoms with Crippen LogP contribution in [-0.2, 0) is 30.0 Å². The van der Waals surface area contributed by atoms with E-state index >= 15 is 0 Å². The third kappa shape index (κ3) is 7.36. The van der Waals surface area contributed by atoms with E-state index in [-0.39, 0.29) is 23.8 Å². The summed E-state index contributed by atoms with van der Waals surface area (Å²) in [5.41, 5.74) is 1.70. The fraction of sp³-hybridized carbons (Fsp3) is 0.364. The van der Waals surface area contributed by atoms with Crippen LogP contribution in [0.15, 0.2) is 42.8 Å². The molecule has 1 N–H and O–H groups in total. The molecular weight excluding hydrogens is 620 g/mol. The third-order valence-electron chi connectivity index (χ3n) is 4.65. The molecule has 0 bridgehead atoms. The first-order valence-electron chi connectivity index (χ1n) is 10.9. The van der Waals surface area contributed by atoms with Gasteiger partial charge in [0.1, 0.15) is 21.1 Å². The van der Waals surface area contributed by atoms with Crippen molar-refractivity contribution in [1.29, 1.82) is 0 Å². The van der Waals surface area contributed by atoms with Crippen molar-refractivity contribution >= 4 is 43.8 Å². The van der Waals surface area contributed by atoms with Crippen molar-refractivity contribution in [3.63, 3.8) is 0 Å². The van der Waals surface area contributed by atoms with Gasteiger partial charge < -0.3 is 23.6 Å². The largest absolute Gasteiger partial charge is 0.461 e. The van der Waals surface area contributed by atoms with Gasteiger partial charge in [-0.2, -0.15) is 10.2 Å². The van der Waals surface area contributed by atoms with Crippen molar-refractivity contribution in [3.8, 4) is 0 Å². The molecule has 1 unspecified atom stereocenters. The SMILES string of the molecule is CCOC(=O)c1cc(C(O)c2cn(C)nc2Br)on1.CCOC(=O)c1cc(Cc2cn(C)nc2Br)on1. The van der Waals surface area contributed by atoms with Gasteiger partial charge >= 0.3 is 11.9 Å². The Labute approximate surface area is 227 Å². The summed E-state index contributed by atoms with van der Waals surface area (Å²) in [4.78, 5) is 22.8. The molecule has 0 aliphatic carbocycles. The number of hydrogen-bond donors (Lipinski definition) is 1. The van der Waals surface area contributed by atoms with Gasteiger partial charge in [0.05, 0.1) is 13.2 Å². The number of halogens is 2. The standard InChI is InChI=1S/C11H12BrN3O4.C11H12BrN3O3/c1-3-18-11(17)7-4-8(19-14-7)9(16)6-5-15(2)13-10(6)12;1-3-17-11(16)9-5-8(18-14-9)4-7-6-15(2)13-10(7)12/h4-5,9,16H,3H2,1-2H3;5-6H,3-4H2,1-2H3. The van der Waals surface area contributed by atoms with Crippen LogP contribution in [0.25, 0.3) is 0 Å². The first-order valence-corrected chi connectivity index (χ1v) is 12.5. The number of aliphatic hydroxyl groups is 1. The van der Waals surface area contributed by atoms with Crippen LogP contribution in [0.1, 0.15) is 63.6 Å². The molecule has 0 aromatic carbocycles. The molecule has 4 aromatic rings. The van der Waals surface area contributed by atoms with Gasteiger partial charge in [-0.15, -0.1) is 0 Å². The second kappa shape index (κ2) is 12.8. The molecule has 0 aliphatic heterocycles. The lowest BCUT2D eigenvalue weighted by atomic mass is 10.1. The van der Waals surface area contributed by atoms with E-state index in [1.165, 1.54) is 6.07 Å². The quantitative estimate of drug-likeness (QED) is 0.280. The minimum absolute atomic E-state index is 0.0240. The second-order valence-corrected chi connectivity index (χ2v) is 8.98. The van der Waals surface area contributed by atoms with E-state index < -0.39 is 18.0 Å². The van der Waals surface area contributed by atoms with Gasteiger partial charge in [0.25, 0.3) is 0 Å². The molecule has 1 atom stereocenters. The van der Waals surface area contributed by atoms with Crippen molar-refractivity contribution in [1.82, 2.24) is 29.9 Å². The van der Waals surface area contributed by atoms with Gasteiger partial charge in [0, 0.05) is 56.2 Å². The fourth-order valence-corrected chi connectivity index (χ4v) is 4.11. The topological polar surface area (TPSA) is 161 Å². The molecule has 15 heteroatoms. The molecule has 0 fully saturated rings. The summed E-state index contributed by atoms with van der Waals surface area (Å²) >= 11 is 6.58. The van der Waals surface area contributed by atoms with E-state index in [9.17, 15) is 14.7 Å². The monoisotopic (exact) mass is 642 g/mol. The third-order valence-corrected chi connectivity index (χ3v) is 5.93. The van der Waals surface area contributed by atoms with Gasteiger partial charge in [-0.1, -0.05) is 10.3 Å². The first-order chi connectivity index (χ1) is 17.6. The number of hydrogen-bond acceptors (Lipinski definition) is 11. The minimum Gasteiger partial charge on any atom is -0.461 e. The molecule has 0 saturated carbocycles. The van der Waals surface area contributed by atoms with Crippen LogP contribution in [0.2, 0.25) is 0 Å². The van der Waals surface area contributed by atoms with E-state index in [4.69, 9.17) is 18.5 Å². The zero-order valence-electron chi connectivity index (χ0n) is 20.3. The number of aryl methyl sites for hydroxylation is 2. The number of carbonyl (C=O) groups excluding carboxylic acids is 2. The van der Waals surface area contributed by atoms with Crippen LogP contribution in [-0.4, -0.2) is 60.1 Å². The van der Waals surface area contributed by atoms with E-state index in [0.717, 1.165) is 10.2 Å². The van der Waals surface area contributed by atoms with E-state index in [2.05, 4.69) is 52.4 Å². The van der Waals surface area contributed by atoms with Crippen LogP contribution < -0.4 is 0 Å². The maximum absolute atomic E-state index is 11.4. The summed E-state index contributed by atoms with van der Waals surface area (Å²) in [5.74, 6) is -0.323. The van der Waals surface area contributed by atoms with Crippen molar-refractivity contribution < 1.29 is 33.2 Å². The summed E-state index contributed by atoms with van der Waals surface area (Å²) in [6, 6.07) is 2.93. The van der Waals surface area contributed by atoms with Gasteiger partial charge in [0.15, 0.2) is 17.1 Å². The van der Waals surface area contributed by atoms with Crippen molar-refractivity contribution in [2.45, 2.75) is 26.4 Å². The van der Waals surface area contributed by atoms with Gasteiger partial charge in [-0.25, -0.2) is 9.59 Å². The highest BCUT2D eigenvalue weighted by Crippen LogP contribution is 2.28. The Kier molecular flexibility index (Phi) is 9.77. The van der Waals surface area contributed by atoms with Gasteiger partial charge in [-0.3, -0.25) is 9.36 Å². The van der Waals surface area contributed by atoms with Crippen LogP contribution in [0.5, 0.6) is 0 Å². The lowest BCUT2D eigenvalue weighted by Gasteiger charge is -2.03. The van der Waals surface area contributed by atoms with Crippen LogP contribution in [0.3, 0.4) is 0 Å². The molecule has 0 amide bonds. The molecule has 4 heterocycles. The molecule has 4 aromatic heterocycles. The van der Waals surface area contributed by atoms with Gasteiger partial charge in [0.2, 0.25) is 0 Å². The van der Waals surface area contributed by atoms with Crippen molar-refractivity contribution in [3.05, 3.63) is 67.8 Å². The predicted octanol–water partition coefficient (Wildman–Crippen LogP) is 3.37. The fourth-order valence-electron chi connectivity index (χ4n) is 3.05. The van der Waals surface area contributed by atoms with Crippen LogP contribution >= 0.6 is 31.9 Å². The lowest BCUT2D eigenvalue weighted by molar-refractivity contribution is 0.0504. The lowest BCUT2D eigenvalue weighted by Crippen LogP contribution is -2.04. The summed E-state index contributed by atoms with van der Waals surface area (Å²) < 4.78 is 24.2. The number of rotatable bonds is 8. The Hall–Kier alpha value is -3.30. The van der Waals surface area contributed by atoms with Crippen LogP contribution in [0, 0.1) is 0 Å². The molecule has 13 nitrogen and oxygen atoms in total. The Balaban J connectivity index is 0.000000206. The highest BCUT2D eigenvalue weighted by atomic mass is 79.9. The number of aliphatic hydroxyl groups excluding tert-OH is 1. The molecule has 0 aliphatic rings. The molecule has 0 radical (unpaired) electrons. The average molecular weight is 644 g/mol. The molecule has 198 valence electrons. The molecule has 0 saturated heterocycles. The van der Waals surface area contributed by atoms with Gasteiger partial charge in [-0.05, 0) is 45.7 Å². The number of ether oxygens (including phenoxy) is 2. The molecule has 0 spiro atoms. The maximum Gasteiger partial charge on any atom is 0.360 e. The second-order valence-electron chi connectivity index (χ2n) is 7.48. The van der Waals surface area contributed by atoms with Crippen molar-refractivity contribution in [2.24, 2.45) is 14.1 Å². The molecule has 4 rings (SSSR count). The highest BCUT2D eigenvalue weighted by molar-refractivity contribution is 9.10. The maximum atomic E-state index is 11.4. The summed E-state index contributed by atoms with van der Waals surface area (Å²) in [7, 11) is 3.56. The van der Waals surface area contributed by atoms with E-state index in [1.807, 2.05) is 13.2 Å². The highest BCUT2D eigenvalue weighted by Gasteiger charge is 2.23. The number of nitrogens with zero attached hydrogens (tertiary/aromatic N) is 6. The van der Waals surface area contributed by atoms with E-state index in [0.29, 0.717) is 29.0 Å².